The Hall–Kier alpha value is -2.16. The van der Waals surface area contributed by atoms with Gasteiger partial charge in [-0.1, -0.05) is 0 Å². The van der Waals surface area contributed by atoms with Crippen molar-refractivity contribution in [2.24, 2.45) is 0 Å². The Morgan fingerprint density at radius 2 is 1.45 bits per heavy atom. The van der Waals surface area contributed by atoms with Crippen LogP contribution in [0.2, 0.25) is 0 Å². The van der Waals surface area contributed by atoms with Gasteiger partial charge in [0.2, 0.25) is 0 Å². The highest BCUT2D eigenvalue weighted by molar-refractivity contribution is 7.88. The third-order valence-electron chi connectivity index (χ3n) is 2.84. The van der Waals surface area contributed by atoms with Crippen LogP contribution in [0.25, 0.3) is 10.8 Å². The first kappa shape index (κ1) is 16.2. The molecule has 0 N–H and O–H groups in total. The maximum Gasteiger partial charge on any atom is 0.534 e. The van der Waals surface area contributed by atoms with Crippen LogP contribution in [0.3, 0.4) is 0 Å². The van der Waals surface area contributed by atoms with Crippen molar-refractivity contribution in [3.63, 3.8) is 0 Å². The van der Waals surface area contributed by atoms with Crippen LogP contribution in [0.1, 0.15) is 0 Å². The van der Waals surface area contributed by atoms with Gasteiger partial charge < -0.3 is 13.7 Å². The molecule has 0 bridgehead atoms. The van der Waals surface area contributed by atoms with Gasteiger partial charge in [-0.05, 0) is 30.3 Å². The van der Waals surface area contributed by atoms with Crippen LogP contribution in [0.4, 0.5) is 13.2 Å². The summed E-state index contributed by atoms with van der Waals surface area (Å²) in [5.41, 5.74) is -5.50. The predicted octanol–water partition coefficient (Wildman–Crippen LogP) is 3.09. The molecule has 0 unspecified atom stereocenters. The molecule has 22 heavy (non-hydrogen) atoms. The average Bonchev–Trinajstić information content (AvgIpc) is 2.44. The van der Waals surface area contributed by atoms with Crippen molar-refractivity contribution in [2.45, 2.75) is 5.51 Å². The molecule has 0 aliphatic heterocycles. The molecule has 0 amide bonds. The molecule has 9 heteroatoms. The summed E-state index contributed by atoms with van der Waals surface area (Å²) in [6.07, 6.45) is 0. The van der Waals surface area contributed by atoms with E-state index in [1.165, 1.54) is 20.3 Å². The Balaban J connectivity index is 2.55. The summed E-state index contributed by atoms with van der Waals surface area (Å²) < 4.78 is 73.4. The lowest BCUT2D eigenvalue weighted by Gasteiger charge is -2.12. The molecule has 5 nitrogen and oxygen atoms in total. The fraction of sp³-hybridized carbons (Fsp3) is 0.231. The van der Waals surface area contributed by atoms with Crippen LogP contribution in [0.5, 0.6) is 17.2 Å². The van der Waals surface area contributed by atoms with E-state index in [0.717, 1.165) is 12.1 Å². The van der Waals surface area contributed by atoms with E-state index in [0.29, 0.717) is 22.3 Å². The van der Waals surface area contributed by atoms with E-state index in [9.17, 15) is 21.6 Å². The predicted molar refractivity (Wildman–Crippen MR) is 72.7 cm³/mol. The summed E-state index contributed by atoms with van der Waals surface area (Å²) in [5.74, 6) is 0.322. The van der Waals surface area contributed by atoms with E-state index in [4.69, 9.17) is 9.47 Å². The van der Waals surface area contributed by atoms with Crippen molar-refractivity contribution >= 4 is 20.9 Å². The number of methoxy groups -OCH3 is 2. The number of ether oxygens (including phenoxy) is 2. The Morgan fingerprint density at radius 3 is 1.95 bits per heavy atom. The van der Waals surface area contributed by atoms with E-state index >= 15 is 0 Å². The normalized spacial score (nSPS) is 12.2. The third-order valence-corrected chi connectivity index (χ3v) is 3.82. The number of hydrogen-bond acceptors (Lipinski definition) is 5. The average molecular weight is 336 g/mol. The number of alkyl halides is 3. The molecule has 2 aromatic carbocycles. The van der Waals surface area contributed by atoms with Crippen molar-refractivity contribution in [3.8, 4) is 17.2 Å². The summed E-state index contributed by atoms with van der Waals surface area (Å²) >= 11 is 0. The van der Waals surface area contributed by atoms with Crippen molar-refractivity contribution < 1.29 is 35.2 Å². The minimum Gasteiger partial charge on any atom is -0.496 e. The third kappa shape index (κ3) is 2.89. The van der Waals surface area contributed by atoms with Gasteiger partial charge in [0.1, 0.15) is 17.2 Å². The second-order valence-electron chi connectivity index (χ2n) is 4.16. The van der Waals surface area contributed by atoms with E-state index in [2.05, 4.69) is 4.18 Å². The summed E-state index contributed by atoms with van der Waals surface area (Å²) in [6.45, 7) is 0. The highest BCUT2D eigenvalue weighted by Gasteiger charge is 2.48. The quantitative estimate of drug-likeness (QED) is 0.634. The Labute approximate surface area is 124 Å². The van der Waals surface area contributed by atoms with Gasteiger partial charge in [0, 0.05) is 10.8 Å². The van der Waals surface area contributed by atoms with Gasteiger partial charge in [-0.25, -0.2) is 0 Å². The molecule has 0 aliphatic carbocycles. The van der Waals surface area contributed by atoms with Crippen LogP contribution in [0, 0.1) is 0 Å². The van der Waals surface area contributed by atoms with Gasteiger partial charge in [0.15, 0.2) is 0 Å². The monoisotopic (exact) mass is 336 g/mol. The van der Waals surface area contributed by atoms with Crippen molar-refractivity contribution in [2.75, 3.05) is 14.2 Å². The zero-order valence-electron chi connectivity index (χ0n) is 11.5. The van der Waals surface area contributed by atoms with Gasteiger partial charge in [-0.2, -0.15) is 21.6 Å². The summed E-state index contributed by atoms with van der Waals surface area (Å²) in [4.78, 5) is 0. The molecule has 2 aromatic rings. The van der Waals surface area contributed by atoms with E-state index < -0.39 is 21.4 Å². The standard InChI is InChI=1S/C13H11F3O5S/c1-19-11-5-6-12(20-2)10-7-8(3-4-9(10)11)21-22(17,18)13(14,15)16/h3-7H,1-2H3. The Kier molecular flexibility index (Phi) is 4.10. The first-order chi connectivity index (χ1) is 10.2. The van der Waals surface area contributed by atoms with Crippen molar-refractivity contribution in [1.82, 2.24) is 0 Å². The topological polar surface area (TPSA) is 61.8 Å². The molecular formula is C13H11F3O5S. The largest absolute Gasteiger partial charge is 0.534 e. The van der Waals surface area contributed by atoms with Crippen LogP contribution in [-0.4, -0.2) is 28.1 Å². The zero-order valence-corrected chi connectivity index (χ0v) is 12.3. The Morgan fingerprint density at radius 1 is 0.909 bits per heavy atom. The Bertz CT molecular complexity index is 799. The summed E-state index contributed by atoms with van der Waals surface area (Å²) in [7, 11) is -2.92. The van der Waals surface area contributed by atoms with Gasteiger partial charge in [0.25, 0.3) is 0 Å². The molecule has 0 spiro atoms. The maximum atomic E-state index is 12.3. The van der Waals surface area contributed by atoms with Gasteiger partial charge >= 0.3 is 15.6 Å². The molecule has 2 rings (SSSR count). The van der Waals surface area contributed by atoms with E-state index in [-0.39, 0.29) is 0 Å². The minimum atomic E-state index is -5.73. The van der Waals surface area contributed by atoms with E-state index in [1.807, 2.05) is 0 Å². The zero-order chi connectivity index (χ0) is 16.5. The summed E-state index contributed by atoms with van der Waals surface area (Å²) in [5, 5.41) is 0.898. The molecule has 0 saturated carbocycles. The van der Waals surface area contributed by atoms with Gasteiger partial charge in [-0.15, -0.1) is 0 Å². The van der Waals surface area contributed by atoms with Crippen LogP contribution >= 0.6 is 0 Å². The fourth-order valence-corrected chi connectivity index (χ4v) is 2.31. The molecule has 120 valence electrons. The molecular weight excluding hydrogens is 325 g/mol. The lowest BCUT2D eigenvalue weighted by molar-refractivity contribution is -0.0500. The SMILES string of the molecule is COc1ccc(OC)c2cc(OS(=O)(=O)C(F)(F)F)ccc12. The molecule has 0 radical (unpaired) electrons. The number of hydrogen-bond donors (Lipinski definition) is 0. The van der Waals surface area contributed by atoms with Gasteiger partial charge in [0.05, 0.1) is 14.2 Å². The highest BCUT2D eigenvalue weighted by atomic mass is 32.2. The summed E-state index contributed by atoms with van der Waals surface area (Å²) in [6, 6.07) is 6.79. The number of benzene rings is 2. The minimum absolute atomic E-state index is 0.339. The second kappa shape index (κ2) is 5.56. The first-order valence-electron chi connectivity index (χ1n) is 5.85. The molecule has 0 aromatic heterocycles. The lowest BCUT2D eigenvalue weighted by atomic mass is 10.1. The van der Waals surface area contributed by atoms with Crippen molar-refractivity contribution in [1.29, 1.82) is 0 Å². The number of halogens is 3. The van der Waals surface area contributed by atoms with Crippen LogP contribution < -0.4 is 13.7 Å². The number of fused-ring (bicyclic) bond motifs is 1. The van der Waals surface area contributed by atoms with E-state index in [1.54, 1.807) is 12.1 Å². The first-order valence-corrected chi connectivity index (χ1v) is 7.26. The van der Waals surface area contributed by atoms with Crippen LogP contribution in [-0.2, 0) is 10.1 Å². The molecule has 0 heterocycles. The van der Waals surface area contributed by atoms with Crippen molar-refractivity contribution in [3.05, 3.63) is 30.3 Å². The second-order valence-corrected chi connectivity index (χ2v) is 5.70. The molecule has 0 fully saturated rings. The van der Waals surface area contributed by atoms with Crippen LogP contribution in [0.15, 0.2) is 30.3 Å². The number of rotatable bonds is 4. The molecule has 0 atom stereocenters. The maximum absolute atomic E-state index is 12.3. The molecule has 0 aliphatic rings. The highest BCUT2D eigenvalue weighted by Crippen LogP contribution is 2.36. The molecule has 0 saturated heterocycles. The fourth-order valence-electron chi connectivity index (χ4n) is 1.85. The smallest absolute Gasteiger partial charge is 0.496 e. The van der Waals surface area contributed by atoms with Gasteiger partial charge in [-0.3, -0.25) is 0 Å². The lowest BCUT2D eigenvalue weighted by Crippen LogP contribution is -2.28.